The second-order valence-corrected chi connectivity index (χ2v) is 8.44. The summed E-state index contributed by atoms with van der Waals surface area (Å²) in [5.74, 6) is 0. The molecule has 0 bridgehead atoms. The standard InChI is InChI=1S/C30H21N5O/c36-30-28(19-22-7-4-16-31-20-22)34-27-11-5-17-32-29(27)35(30)25-9-3-6-21(18-25)12-14-24-15-13-23-8-1-2-10-26(23)33-24/h1-18,20H,19H2. The van der Waals surface area contributed by atoms with Crippen LogP contribution in [0.3, 0.4) is 0 Å². The van der Waals surface area contributed by atoms with Gasteiger partial charge in [0.1, 0.15) is 11.2 Å². The van der Waals surface area contributed by atoms with E-state index in [2.05, 4.69) is 21.0 Å². The highest BCUT2D eigenvalue weighted by molar-refractivity contribution is 5.81. The summed E-state index contributed by atoms with van der Waals surface area (Å²) in [4.78, 5) is 31.6. The first kappa shape index (κ1) is 21.6. The van der Waals surface area contributed by atoms with Gasteiger partial charge in [0.15, 0.2) is 5.65 Å². The Bertz CT molecular complexity index is 1790. The van der Waals surface area contributed by atoms with Crippen molar-refractivity contribution in [3.63, 3.8) is 0 Å². The molecule has 0 aliphatic heterocycles. The van der Waals surface area contributed by atoms with Gasteiger partial charge in [0, 0.05) is 30.4 Å². The Balaban J connectivity index is 1.41. The Hall–Kier alpha value is -4.97. The van der Waals surface area contributed by atoms with Crippen LogP contribution in [-0.4, -0.2) is 24.5 Å². The smallest absolute Gasteiger partial charge is 0.267 e. The molecule has 0 N–H and O–H groups in total. The molecule has 4 aromatic heterocycles. The van der Waals surface area contributed by atoms with Crippen LogP contribution in [0.2, 0.25) is 0 Å². The molecular formula is C30H21N5O. The number of benzene rings is 2. The average Bonchev–Trinajstić information content (AvgIpc) is 2.93. The molecule has 0 atom stereocenters. The highest BCUT2D eigenvalue weighted by Crippen LogP contribution is 2.18. The number of pyridine rings is 3. The predicted octanol–water partition coefficient (Wildman–Crippen LogP) is 5.49. The van der Waals surface area contributed by atoms with Crippen molar-refractivity contribution in [3.05, 3.63) is 136 Å². The van der Waals surface area contributed by atoms with Crippen LogP contribution in [0.5, 0.6) is 0 Å². The van der Waals surface area contributed by atoms with E-state index in [1.54, 1.807) is 23.2 Å². The zero-order valence-corrected chi connectivity index (χ0v) is 19.3. The van der Waals surface area contributed by atoms with E-state index >= 15 is 0 Å². The first-order chi connectivity index (χ1) is 17.7. The van der Waals surface area contributed by atoms with Crippen LogP contribution in [0, 0.1) is 0 Å². The number of rotatable bonds is 5. The fourth-order valence-corrected chi connectivity index (χ4v) is 4.24. The molecule has 6 rings (SSSR count). The largest absolute Gasteiger partial charge is 0.278 e. The SMILES string of the molecule is O=c1c(Cc2cccnc2)nc2cccnc2n1-c1cccc(C=Cc2ccc3ccccc3n2)c1. The minimum absolute atomic E-state index is 0.192. The van der Waals surface area contributed by atoms with Crippen LogP contribution in [0.25, 0.3) is 39.9 Å². The molecule has 6 aromatic rings. The van der Waals surface area contributed by atoms with Gasteiger partial charge in [-0.05, 0) is 59.7 Å². The quantitative estimate of drug-likeness (QED) is 0.335. The Morgan fingerprint density at radius 3 is 2.58 bits per heavy atom. The molecule has 0 saturated carbocycles. The second kappa shape index (κ2) is 9.35. The predicted molar refractivity (Wildman–Crippen MR) is 143 cm³/mol. The average molecular weight is 468 g/mol. The van der Waals surface area contributed by atoms with Gasteiger partial charge in [-0.25, -0.2) is 15.0 Å². The number of aromatic nitrogens is 5. The van der Waals surface area contributed by atoms with Crippen LogP contribution in [0.4, 0.5) is 0 Å². The molecule has 4 heterocycles. The van der Waals surface area contributed by atoms with E-state index in [1.165, 1.54) is 0 Å². The van der Waals surface area contributed by atoms with Gasteiger partial charge < -0.3 is 0 Å². The maximum Gasteiger partial charge on any atom is 0.278 e. The van der Waals surface area contributed by atoms with Crippen molar-refractivity contribution >= 4 is 34.2 Å². The van der Waals surface area contributed by atoms with E-state index < -0.39 is 0 Å². The molecule has 0 aliphatic carbocycles. The zero-order chi connectivity index (χ0) is 24.3. The number of hydrogen-bond donors (Lipinski definition) is 0. The first-order valence-electron chi connectivity index (χ1n) is 11.6. The lowest BCUT2D eigenvalue weighted by atomic mass is 10.1. The number of para-hydroxylation sites is 1. The van der Waals surface area contributed by atoms with Crippen molar-refractivity contribution in [1.29, 1.82) is 0 Å². The highest BCUT2D eigenvalue weighted by Gasteiger charge is 2.14. The van der Waals surface area contributed by atoms with Gasteiger partial charge in [0.25, 0.3) is 5.56 Å². The van der Waals surface area contributed by atoms with Gasteiger partial charge in [-0.2, -0.15) is 0 Å². The van der Waals surface area contributed by atoms with Gasteiger partial charge in [0.2, 0.25) is 0 Å². The van der Waals surface area contributed by atoms with Crippen LogP contribution >= 0.6 is 0 Å². The molecule has 0 radical (unpaired) electrons. The molecule has 0 unspecified atom stereocenters. The fourth-order valence-electron chi connectivity index (χ4n) is 4.24. The van der Waals surface area contributed by atoms with Crippen molar-refractivity contribution in [2.45, 2.75) is 6.42 Å². The molecular weight excluding hydrogens is 446 g/mol. The van der Waals surface area contributed by atoms with Crippen molar-refractivity contribution in [1.82, 2.24) is 24.5 Å². The molecule has 6 heteroatoms. The normalized spacial score (nSPS) is 11.4. The summed E-state index contributed by atoms with van der Waals surface area (Å²) < 4.78 is 1.64. The van der Waals surface area contributed by atoms with E-state index in [0.717, 1.165) is 33.4 Å². The summed E-state index contributed by atoms with van der Waals surface area (Å²) in [7, 11) is 0. The first-order valence-corrected chi connectivity index (χ1v) is 11.6. The lowest BCUT2D eigenvalue weighted by Gasteiger charge is -2.12. The van der Waals surface area contributed by atoms with Crippen molar-refractivity contribution in [3.8, 4) is 5.69 Å². The molecule has 0 spiro atoms. The van der Waals surface area contributed by atoms with E-state index in [9.17, 15) is 4.79 Å². The molecule has 2 aromatic carbocycles. The molecule has 0 amide bonds. The number of fused-ring (bicyclic) bond motifs is 2. The van der Waals surface area contributed by atoms with Crippen LogP contribution < -0.4 is 5.56 Å². The van der Waals surface area contributed by atoms with Gasteiger partial charge in [-0.15, -0.1) is 0 Å². The van der Waals surface area contributed by atoms with E-state index in [4.69, 9.17) is 4.98 Å². The Morgan fingerprint density at radius 1 is 0.778 bits per heavy atom. The summed E-state index contributed by atoms with van der Waals surface area (Å²) in [6.45, 7) is 0. The molecule has 0 aliphatic rings. The van der Waals surface area contributed by atoms with Crippen molar-refractivity contribution in [2.75, 3.05) is 0 Å². The van der Waals surface area contributed by atoms with Crippen molar-refractivity contribution in [2.24, 2.45) is 0 Å². The maximum absolute atomic E-state index is 13.6. The number of hydrogen-bond acceptors (Lipinski definition) is 5. The van der Waals surface area contributed by atoms with E-state index in [0.29, 0.717) is 23.3 Å². The molecule has 172 valence electrons. The van der Waals surface area contributed by atoms with E-state index in [-0.39, 0.29) is 5.56 Å². The Labute approximate surface area is 207 Å². The van der Waals surface area contributed by atoms with E-state index in [1.807, 2.05) is 91.0 Å². The third-order valence-corrected chi connectivity index (χ3v) is 5.97. The lowest BCUT2D eigenvalue weighted by Crippen LogP contribution is -2.25. The summed E-state index contributed by atoms with van der Waals surface area (Å²) in [6, 6.07) is 27.4. The molecule has 36 heavy (non-hydrogen) atoms. The van der Waals surface area contributed by atoms with Gasteiger partial charge in [-0.1, -0.05) is 48.5 Å². The monoisotopic (exact) mass is 467 g/mol. The maximum atomic E-state index is 13.6. The van der Waals surface area contributed by atoms with Crippen LogP contribution in [0.15, 0.2) is 108 Å². The van der Waals surface area contributed by atoms with Gasteiger partial charge in [0.05, 0.1) is 16.9 Å². The summed E-state index contributed by atoms with van der Waals surface area (Å²) in [5.41, 5.74) is 5.87. The summed E-state index contributed by atoms with van der Waals surface area (Å²) >= 11 is 0. The molecule has 0 saturated heterocycles. The summed E-state index contributed by atoms with van der Waals surface area (Å²) in [6.07, 6.45) is 9.52. The van der Waals surface area contributed by atoms with Gasteiger partial charge in [-0.3, -0.25) is 14.3 Å². The lowest BCUT2D eigenvalue weighted by molar-refractivity contribution is 0.924. The summed E-state index contributed by atoms with van der Waals surface area (Å²) in [5, 5.41) is 1.11. The minimum atomic E-state index is -0.192. The topological polar surface area (TPSA) is 73.6 Å². The fraction of sp³-hybridized carbons (Fsp3) is 0.0333. The van der Waals surface area contributed by atoms with Crippen LogP contribution in [0.1, 0.15) is 22.5 Å². The zero-order valence-electron chi connectivity index (χ0n) is 19.3. The molecule has 0 fully saturated rings. The Kier molecular flexibility index (Phi) is 5.60. The third kappa shape index (κ3) is 4.28. The third-order valence-electron chi connectivity index (χ3n) is 5.97. The number of nitrogens with zero attached hydrogens (tertiary/aromatic N) is 5. The highest BCUT2D eigenvalue weighted by atomic mass is 16.1. The molecule has 6 nitrogen and oxygen atoms in total. The Morgan fingerprint density at radius 2 is 1.67 bits per heavy atom. The minimum Gasteiger partial charge on any atom is -0.267 e. The van der Waals surface area contributed by atoms with Crippen molar-refractivity contribution < 1.29 is 0 Å². The van der Waals surface area contributed by atoms with Crippen LogP contribution in [-0.2, 0) is 6.42 Å². The second-order valence-electron chi connectivity index (χ2n) is 8.44. The van der Waals surface area contributed by atoms with Gasteiger partial charge >= 0.3 is 0 Å².